The molecule has 0 aliphatic carbocycles. The van der Waals surface area contributed by atoms with Crippen molar-refractivity contribution in [1.29, 1.82) is 0 Å². The minimum absolute atomic E-state index is 0.0685. The quantitative estimate of drug-likeness (QED) is 0.853. The predicted molar refractivity (Wildman–Crippen MR) is 86.5 cm³/mol. The summed E-state index contributed by atoms with van der Waals surface area (Å²) in [5.41, 5.74) is 2.53. The van der Waals surface area contributed by atoms with Gasteiger partial charge in [-0.05, 0) is 30.7 Å². The molecule has 1 unspecified atom stereocenters. The second kappa shape index (κ2) is 6.04. The Morgan fingerprint density at radius 1 is 1.13 bits per heavy atom. The Kier molecular flexibility index (Phi) is 3.93. The number of hydrogen-bond acceptors (Lipinski definition) is 3. The standard InChI is InChI=1S/C18H16N2O3/c1-11(21)12-6-4-7-14(9-12)19-18(23)16-10-13-5-2-3-8-15(13)17(22)20-16/h2-9,16H,10H2,1H3,(H,19,23)(H,20,22). The molecule has 1 aliphatic heterocycles. The maximum atomic E-state index is 12.4. The molecule has 2 aromatic carbocycles. The lowest BCUT2D eigenvalue weighted by molar-refractivity contribution is -0.118. The van der Waals surface area contributed by atoms with Crippen molar-refractivity contribution in [2.75, 3.05) is 5.32 Å². The van der Waals surface area contributed by atoms with Crippen molar-refractivity contribution in [3.63, 3.8) is 0 Å². The number of hydrogen-bond donors (Lipinski definition) is 2. The topological polar surface area (TPSA) is 75.3 Å². The number of benzene rings is 2. The lowest BCUT2D eigenvalue weighted by atomic mass is 9.95. The zero-order chi connectivity index (χ0) is 16.4. The minimum Gasteiger partial charge on any atom is -0.340 e. The number of carbonyl (C=O) groups is 3. The minimum atomic E-state index is -0.626. The molecule has 0 saturated carbocycles. The summed E-state index contributed by atoms with van der Waals surface area (Å²) in [6, 6.07) is 13.4. The Morgan fingerprint density at radius 2 is 1.91 bits per heavy atom. The average Bonchev–Trinajstić information content (AvgIpc) is 2.55. The van der Waals surface area contributed by atoms with Gasteiger partial charge < -0.3 is 10.6 Å². The molecule has 0 bridgehead atoms. The van der Waals surface area contributed by atoms with Crippen LogP contribution in [0.25, 0.3) is 0 Å². The second-order valence-electron chi connectivity index (χ2n) is 5.51. The predicted octanol–water partition coefficient (Wildman–Crippen LogP) is 2.18. The molecule has 0 aromatic heterocycles. The number of rotatable bonds is 3. The molecule has 0 saturated heterocycles. The van der Waals surface area contributed by atoms with E-state index in [1.807, 2.05) is 12.1 Å². The number of fused-ring (bicyclic) bond motifs is 1. The third-order valence-electron chi connectivity index (χ3n) is 3.84. The summed E-state index contributed by atoms with van der Waals surface area (Å²) in [6.07, 6.45) is 0.445. The lowest BCUT2D eigenvalue weighted by Gasteiger charge is -2.24. The van der Waals surface area contributed by atoms with Gasteiger partial charge >= 0.3 is 0 Å². The molecule has 1 atom stereocenters. The second-order valence-corrected chi connectivity index (χ2v) is 5.51. The van der Waals surface area contributed by atoms with Crippen LogP contribution < -0.4 is 10.6 Å². The molecule has 2 N–H and O–H groups in total. The van der Waals surface area contributed by atoms with Gasteiger partial charge in [-0.2, -0.15) is 0 Å². The first-order valence-electron chi connectivity index (χ1n) is 7.35. The maximum absolute atomic E-state index is 12.4. The van der Waals surface area contributed by atoms with E-state index >= 15 is 0 Å². The number of ketones is 1. The summed E-state index contributed by atoms with van der Waals surface area (Å²) in [6.45, 7) is 1.47. The molecule has 5 nitrogen and oxygen atoms in total. The van der Waals surface area contributed by atoms with Crippen LogP contribution in [-0.4, -0.2) is 23.6 Å². The van der Waals surface area contributed by atoms with Gasteiger partial charge in [-0.25, -0.2) is 0 Å². The number of anilines is 1. The van der Waals surface area contributed by atoms with Crippen LogP contribution >= 0.6 is 0 Å². The highest BCUT2D eigenvalue weighted by molar-refractivity contribution is 6.04. The van der Waals surface area contributed by atoms with Crippen LogP contribution in [0.3, 0.4) is 0 Å². The third-order valence-corrected chi connectivity index (χ3v) is 3.84. The van der Waals surface area contributed by atoms with Gasteiger partial charge in [0.2, 0.25) is 5.91 Å². The van der Waals surface area contributed by atoms with E-state index in [4.69, 9.17) is 0 Å². The van der Waals surface area contributed by atoms with Gasteiger partial charge in [0.05, 0.1) is 0 Å². The van der Waals surface area contributed by atoms with Crippen LogP contribution in [0.15, 0.2) is 48.5 Å². The SMILES string of the molecule is CC(=O)c1cccc(NC(=O)C2Cc3ccccc3C(=O)N2)c1. The first-order chi connectivity index (χ1) is 11.0. The van der Waals surface area contributed by atoms with Gasteiger partial charge in [-0.1, -0.05) is 30.3 Å². The zero-order valence-electron chi connectivity index (χ0n) is 12.6. The molecule has 0 radical (unpaired) electrons. The van der Waals surface area contributed by atoms with E-state index in [1.54, 1.807) is 36.4 Å². The normalized spacial score (nSPS) is 16.2. The third kappa shape index (κ3) is 3.13. The summed E-state index contributed by atoms with van der Waals surface area (Å²) in [5, 5.41) is 5.46. The number of carbonyl (C=O) groups excluding carboxylic acids is 3. The molecular weight excluding hydrogens is 292 g/mol. The Morgan fingerprint density at radius 3 is 2.70 bits per heavy atom. The van der Waals surface area contributed by atoms with E-state index in [0.29, 0.717) is 23.2 Å². The summed E-state index contributed by atoms with van der Waals surface area (Å²) in [4.78, 5) is 35.8. The molecular formula is C18H16N2O3. The smallest absolute Gasteiger partial charge is 0.252 e. The van der Waals surface area contributed by atoms with Gasteiger partial charge in [0.1, 0.15) is 6.04 Å². The fourth-order valence-corrected chi connectivity index (χ4v) is 2.63. The van der Waals surface area contributed by atoms with Crippen molar-refractivity contribution in [2.24, 2.45) is 0 Å². The summed E-state index contributed by atoms with van der Waals surface area (Å²) in [5.74, 6) is -0.612. The maximum Gasteiger partial charge on any atom is 0.252 e. The fourth-order valence-electron chi connectivity index (χ4n) is 2.63. The average molecular weight is 308 g/mol. The number of nitrogens with one attached hydrogen (secondary N) is 2. The van der Waals surface area contributed by atoms with Crippen LogP contribution in [0.4, 0.5) is 5.69 Å². The molecule has 2 amide bonds. The lowest BCUT2D eigenvalue weighted by Crippen LogP contribution is -2.48. The molecule has 0 spiro atoms. The van der Waals surface area contributed by atoms with Gasteiger partial charge in [0, 0.05) is 23.2 Å². The highest BCUT2D eigenvalue weighted by Gasteiger charge is 2.28. The summed E-state index contributed by atoms with van der Waals surface area (Å²) >= 11 is 0. The largest absolute Gasteiger partial charge is 0.340 e. The van der Waals surface area contributed by atoms with E-state index in [0.717, 1.165) is 5.56 Å². The van der Waals surface area contributed by atoms with E-state index in [-0.39, 0.29) is 17.6 Å². The van der Waals surface area contributed by atoms with Gasteiger partial charge in [-0.3, -0.25) is 14.4 Å². The summed E-state index contributed by atoms with van der Waals surface area (Å²) in [7, 11) is 0. The van der Waals surface area contributed by atoms with Crippen molar-refractivity contribution in [3.8, 4) is 0 Å². The van der Waals surface area contributed by atoms with Crippen molar-refractivity contribution in [3.05, 3.63) is 65.2 Å². The molecule has 2 aromatic rings. The van der Waals surface area contributed by atoms with Crippen molar-refractivity contribution in [1.82, 2.24) is 5.32 Å². The Labute approximate surface area is 133 Å². The number of amides is 2. The molecule has 1 aliphatic rings. The highest BCUT2D eigenvalue weighted by atomic mass is 16.2. The molecule has 1 heterocycles. The van der Waals surface area contributed by atoms with Crippen LogP contribution in [0, 0.1) is 0 Å². The van der Waals surface area contributed by atoms with E-state index in [2.05, 4.69) is 10.6 Å². The molecule has 5 heteroatoms. The van der Waals surface area contributed by atoms with E-state index in [1.165, 1.54) is 6.92 Å². The van der Waals surface area contributed by atoms with Crippen molar-refractivity contribution >= 4 is 23.3 Å². The first kappa shape index (κ1) is 15.0. The first-order valence-corrected chi connectivity index (χ1v) is 7.35. The Bertz CT molecular complexity index is 798. The van der Waals surface area contributed by atoms with Crippen LogP contribution in [0.5, 0.6) is 0 Å². The Balaban J connectivity index is 1.76. The van der Waals surface area contributed by atoms with Crippen molar-refractivity contribution in [2.45, 2.75) is 19.4 Å². The highest BCUT2D eigenvalue weighted by Crippen LogP contribution is 2.18. The molecule has 23 heavy (non-hydrogen) atoms. The zero-order valence-corrected chi connectivity index (χ0v) is 12.6. The summed E-state index contributed by atoms with van der Waals surface area (Å²) < 4.78 is 0. The van der Waals surface area contributed by atoms with Gasteiger partial charge in [-0.15, -0.1) is 0 Å². The van der Waals surface area contributed by atoms with Crippen LogP contribution in [0.1, 0.15) is 33.2 Å². The molecule has 3 rings (SSSR count). The van der Waals surface area contributed by atoms with Crippen LogP contribution in [0.2, 0.25) is 0 Å². The van der Waals surface area contributed by atoms with E-state index < -0.39 is 6.04 Å². The fraction of sp³-hybridized carbons (Fsp3) is 0.167. The van der Waals surface area contributed by atoms with Gasteiger partial charge in [0.25, 0.3) is 5.91 Å². The van der Waals surface area contributed by atoms with Gasteiger partial charge in [0.15, 0.2) is 5.78 Å². The van der Waals surface area contributed by atoms with Crippen LogP contribution in [-0.2, 0) is 11.2 Å². The molecule has 0 fully saturated rings. The molecule has 116 valence electrons. The Hall–Kier alpha value is -2.95. The number of Topliss-reactive ketones (excluding diaryl/α,β-unsaturated/α-hetero) is 1. The van der Waals surface area contributed by atoms with E-state index in [9.17, 15) is 14.4 Å². The van der Waals surface area contributed by atoms with Crippen molar-refractivity contribution < 1.29 is 14.4 Å². The monoisotopic (exact) mass is 308 g/mol.